The fourth-order valence-electron chi connectivity index (χ4n) is 1.99. The number of carbonyl (C=O) groups excluding carboxylic acids is 1. The van der Waals surface area contributed by atoms with Gasteiger partial charge in [-0.25, -0.2) is 0 Å². The van der Waals surface area contributed by atoms with Crippen molar-refractivity contribution in [3.05, 3.63) is 29.8 Å². The molecule has 1 aromatic carbocycles. The largest absolute Gasteiger partial charge is 0.508 e. The molecule has 1 rings (SSSR count). The third-order valence-corrected chi connectivity index (χ3v) is 3.01. The van der Waals surface area contributed by atoms with Crippen molar-refractivity contribution in [3.63, 3.8) is 0 Å². The molecule has 2 nitrogen and oxygen atoms in total. The molecular formula is C15H24O2. The molecule has 0 aromatic heterocycles. The molecule has 1 unspecified atom stereocenters. The first-order valence-electron chi connectivity index (χ1n) is 6.35. The molecule has 0 bridgehead atoms. The maximum Gasteiger partial charge on any atom is 0.115 e. The average Bonchev–Trinajstić information content (AvgIpc) is 2.39. The predicted molar refractivity (Wildman–Crippen MR) is 72.4 cm³/mol. The standard InChI is InChI=1S/C14H22O.CH2O/c1-3-5-6-7-12(4-2)13-8-10-14(15)11-9-13;1-2/h8-12,15H,3-7H2,1-2H3;1H2. The number of rotatable bonds is 6. The fraction of sp³-hybridized carbons (Fsp3) is 0.533. The first kappa shape index (κ1) is 15.7. The van der Waals surface area contributed by atoms with Crippen molar-refractivity contribution in [2.75, 3.05) is 0 Å². The molecule has 0 aliphatic rings. The van der Waals surface area contributed by atoms with E-state index in [9.17, 15) is 5.11 Å². The van der Waals surface area contributed by atoms with Crippen LogP contribution in [0, 0.1) is 0 Å². The molecule has 0 aliphatic heterocycles. The summed E-state index contributed by atoms with van der Waals surface area (Å²) in [6.07, 6.45) is 6.39. The highest BCUT2D eigenvalue weighted by molar-refractivity contribution is 5.28. The lowest BCUT2D eigenvalue weighted by molar-refractivity contribution is -0.0979. The highest BCUT2D eigenvalue weighted by atomic mass is 16.3. The highest BCUT2D eigenvalue weighted by Crippen LogP contribution is 2.26. The van der Waals surface area contributed by atoms with Gasteiger partial charge in [-0.05, 0) is 36.5 Å². The van der Waals surface area contributed by atoms with Gasteiger partial charge in [-0.3, -0.25) is 0 Å². The summed E-state index contributed by atoms with van der Waals surface area (Å²) in [4.78, 5) is 8.00. The molecule has 0 radical (unpaired) electrons. The van der Waals surface area contributed by atoms with Gasteiger partial charge in [-0.2, -0.15) is 0 Å². The van der Waals surface area contributed by atoms with E-state index in [1.807, 2.05) is 6.79 Å². The first-order chi connectivity index (χ1) is 8.27. The predicted octanol–water partition coefficient (Wildman–Crippen LogP) is 4.28. The minimum atomic E-state index is 0.363. The number of hydrogen-bond acceptors (Lipinski definition) is 2. The van der Waals surface area contributed by atoms with Crippen LogP contribution in [0.15, 0.2) is 24.3 Å². The van der Waals surface area contributed by atoms with Crippen LogP contribution in [0.25, 0.3) is 0 Å². The van der Waals surface area contributed by atoms with Gasteiger partial charge < -0.3 is 9.90 Å². The van der Waals surface area contributed by atoms with Crippen LogP contribution in [0.5, 0.6) is 5.75 Å². The summed E-state index contributed by atoms with van der Waals surface area (Å²) in [7, 11) is 0. The lowest BCUT2D eigenvalue weighted by atomic mass is 9.91. The fourth-order valence-corrected chi connectivity index (χ4v) is 1.99. The number of unbranched alkanes of at least 4 members (excludes halogenated alkanes) is 2. The number of phenols is 1. The quantitative estimate of drug-likeness (QED) is 0.748. The molecule has 96 valence electrons. The van der Waals surface area contributed by atoms with E-state index in [4.69, 9.17) is 4.79 Å². The Balaban J connectivity index is 0.00000121. The smallest absolute Gasteiger partial charge is 0.115 e. The van der Waals surface area contributed by atoms with Gasteiger partial charge in [0, 0.05) is 0 Å². The number of hydrogen-bond donors (Lipinski definition) is 1. The lowest BCUT2D eigenvalue weighted by Gasteiger charge is -2.15. The Hall–Kier alpha value is -1.31. The van der Waals surface area contributed by atoms with Gasteiger partial charge in [-0.1, -0.05) is 45.2 Å². The van der Waals surface area contributed by atoms with Crippen molar-refractivity contribution in [2.24, 2.45) is 0 Å². The zero-order chi connectivity index (χ0) is 13.1. The normalized spacial score (nSPS) is 11.4. The van der Waals surface area contributed by atoms with Crippen LogP contribution in [0.4, 0.5) is 0 Å². The summed E-state index contributed by atoms with van der Waals surface area (Å²) in [6.45, 7) is 6.48. The Kier molecular flexibility index (Phi) is 9.12. The molecule has 1 atom stereocenters. The molecule has 1 N–H and O–H groups in total. The molecule has 2 heteroatoms. The van der Waals surface area contributed by atoms with Crippen LogP contribution >= 0.6 is 0 Å². The van der Waals surface area contributed by atoms with Crippen LogP contribution in [-0.4, -0.2) is 11.9 Å². The van der Waals surface area contributed by atoms with E-state index in [0.29, 0.717) is 11.7 Å². The summed E-state index contributed by atoms with van der Waals surface area (Å²) >= 11 is 0. The van der Waals surface area contributed by atoms with Gasteiger partial charge in [0.2, 0.25) is 0 Å². The van der Waals surface area contributed by atoms with E-state index >= 15 is 0 Å². The molecule has 0 heterocycles. The van der Waals surface area contributed by atoms with Crippen molar-refractivity contribution in [1.29, 1.82) is 0 Å². The van der Waals surface area contributed by atoms with Gasteiger partial charge in [0.15, 0.2) is 0 Å². The maximum absolute atomic E-state index is 9.23. The van der Waals surface area contributed by atoms with Gasteiger partial charge in [0.05, 0.1) is 0 Å². The Morgan fingerprint density at radius 2 is 1.71 bits per heavy atom. The molecule has 1 aromatic rings. The molecule has 0 fully saturated rings. The van der Waals surface area contributed by atoms with Crippen LogP contribution in [0.1, 0.15) is 57.4 Å². The minimum Gasteiger partial charge on any atom is -0.508 e. The number of carbonyl (C=O) groups is 1. The Labute approximate surface area is 105 Å². The Morgan fingerprint density at radius 3 is 2.18 bits per heavy atom. The monoisotopic (exact) mass is 236 g/mol. The van der Waals surface area contributed by atoms with Crippen molar-refractivity contribution >= 4 is 6.79 Å². The first-order valence-corrected chi connectivity index (χ1v) is 6.35. The summed E-state index contributed by atoms with van der Waals surface area (Å²) < 4.78 is 0. The molecule has 0 spiro atoms. The molecule has 17 heavy (non-hydrogen) atoms. The summed E-state index contributed by atoms with van der Waals surface area (Å²) in [5.74, 6) is 1.03. The SMILES string of the molecule is C=O.CCCCCC(CC)c1ccc(O)cc1. The van der Waals surface area contributed by atoms with Crippen LogP contribution in [-0.2, 0) is 4.79 Å². The van der Waals surface area contributed by atoms with E-state index in [1.54, 1.807) is 12.1 Å². The average molecular weight is 236 g/mol. The van der Waals surface area contributed by atoms with E-state index in [0.717, 1.165) is 0 Å². The zero-order valence-corrected chi connectivity index (χ0v) is 11.0. The van der Waals surface area contributed by atoms with Gasteiger partial charge in [-0.15, -0.1) is 0 Å². The Morgan fingerprint density at radius 1 is 1.12 bits per heavy atom. The van der Waals surface area contributed by atoms with Crippen LogP contribution in [0.2, 0.25) is 0 Å². The molecule has 0 saturated heterocycles. The summed E-state index contributed by atoms with van der Waals surface area (Å²) in [5, 5.41) is 9.23. The number of phenolic OH excluding ortho intramolecular Hbond substituents is 1. The highest BCUT2D eigenvalue weighted by Gasteiger charge is 2.08. The minimum absolute atomic E-state index is 0.363. The van der Waals surface area contributed by atoms with Crippen molar-refractivity contribution in [3.8, 4) is 5.75 Å². The zero-order valence-electron chi connectivity index (χ0n) is 11.0. The van der Waals surface area contributed by atoms with Crippen molar-refractivity contribution < 1.29 is 9.90 Å². The van der Waals surface area contributed by atoms with Gasteiger partial charge in [0.25, 0.3) is 0 Å². The van der Waals surface area contributed by atoms with Crippen LogP contribution in [0.3, 0.4) is 0 Å². The van der Waals surface area contributed by atoms with E-state index in [2.05, 4.69) is 26.0 Å². The molecule has 0 aliphatic carbocycles. The third kappa shape index (κ3) is 6.10. The molecule has 0 saturated carbocycles. The van der Waals surface area contributed by atoms with Crippen molar-refractivity contribution in [2.45, 2.75) is 51.9 Å². The number of aromatic hydroxyl groups is 1. The second-order valence-electron chi connectivity index (χ2n) is 4.19. The summed E-state index contributed by atoms with van der Waals surface area (Å²) in [5.41, 5.74) is 1.37. The number of benzene rings is 1. The van der Waals surface area contributed by atoms with Gasteiger partial charge in [0.1, 0.15) is 12.5 Å². The summed E-state index contributed by atoms with van der Waals surface area (Å²) in [6, 6.07) is 7.68. The maximum atomic E-state index is 9.23. The topological polar surface area (TPSA) is 37.3 Å². The second kappa shape index (κ2) is 9.88. The second-order valence-corrected chi connectivity index (χ2v) is 4.19. The third-order valence-electron chi connectivity index (χ3n) is 3.01. The van der Waals surface area contributed by atoms with Gasteiger partial charge >= 0.3 is 0 Å². The lowest BCUT2D eigenvalue weighted by Crippen LogP contribution is -1.97. The Bertz CT molecular complexity index is 279. The van der Waals surface area contributed by atoms with E-state index in [-0.39, 0.29) is 0 Å². The van der Waals surface area contributed by atoms with Crippen LogP contribution < -0.4 is 0 Å². The van der Waals surface area contributed by atoms with E-state index < -0.39 is 0 Å². The van der Waals surface area contributed by atoms with Crippen molar-refractivity contribution in [1.82, 2.24) is 0 Å². The van der Waals surface area contributed by atoms with E-state index in [1.165, 1.54) is 37.7 Å². The molecule has 0 amide bonds. The molecular weight excluding hydrogens is 212 g/mol.